The van der Waals surface area contributed by atoms with E-state index in [1.54, 1.807) is 24.3 Å². The van der Waals surface area contributed by atoms with Crippen LogP contribution in [0.5, 0.6) is 0 Å². The molecule has 3 aromatic rings. The van der Waals surface area contributed by atoms with E-state index in [4.69, 9.17) is 0 Å². The topological polar surface area (TPSA) is 43.6 Å². The normalized spacial score (nSPS) is 11.7. The zero-order chi connectivity index (χ0) is 16.4. The van der Waals surface area contributed by atoms with Gasteiger partial charge in [-0.1, -0.05) is 64.5 Å². The summed E-state index contributed by atoms with van der Waals surface area (Å²) in [5.74, 6) is -0.335. The van der Waals surface area contributed by atoms with Crippen molar-refractivity contribution in [1.82, 2.24) is 20.2 Å². The quantitative estimate of drug-likeness (QED) is 0.631. The van der Waals surface area contributed by atoms with Gasteiger partial charge in [0.15, 0.2) is 5.82 Å². The lowest BCUT2D eigenvalue weighted by Gasteiger charge is -2.11. The van der Waals surface area contributed by atoms with Gasteiger partial charge in [-0.15, -0.1) is 23.0 Å². The van der Waals surface area contributed by atoms with Gasteiger partial charge in [0, 0.05) is 10.9 Å². The van der Waals surface area contributed by atoms with E-state index in [-0.39, 0.29) is 10.5 Å². The van der Waals surface area contributed by atoms with E-state index >= 15 is 0 Å². The second-order valence-corrected chi connectivity index (χ2v) is 5.32. The average molecular weight is 383 g/mol. The van der Waals surface area contributed by atoms with Gasteiger partial charge in [-0.05, 0) is 27.1 Å². The third kappa shape index (κ3) is 3.12. The molecule has 1 aromatic heterocycles. The fourth-order valence-electron chi connectivity index (χ4n) is 2.23. The number of nitrogens with zero attached hydrogens (tertiary/aromatic N) is 4. The van der Waals surface area contributed by atoms with Crippen molar-refractivity contribution in [2.75, 3.05) is 0 Å². The minimum atomic E-state index is -4.67. The van der Waals surface area contributed by atoms with Crippen molar-refractivity contribution in [3.63, 3.8) is 0 Å². The third-order valence-electron chi connectivity index (χ3n) is 3.30. The number of tetrazole rings is 1. The highest BCUT2D eigenvalue weighted by Crippen LogP contribution is 2.34. The molecule has 0 amide bonds. The van der Waals surface area contributed by atoms with Crippen LogP contribution in [0.1, 0.15) is 5.56 Å². The Morgan fingerprint density at radius 1 is 0.957 bits per heavy atom. The second kappa shape index (κ2) is 6.11. The Hall–Kier alpha value is -2.22. The lowest BCUT2D eigenvalue weighted by molar-refractivity contribution is -0.211. The summed E-state index contributed by atoms with van der Waals surface area (Å²) in [6, 6.07) is 14.3. The monoisotopic (exact) mass is 382 g/mol. The number of halogens is 4. The number of benzene rings is 2. The van der Waals surface area contributed by atoms with Crippen LogP contribution in [0.4, 0.5) is 13.2 Å². The Bertz CT molecular complexity index is 812. The van der Waals surface area contributed by atoms with E-state index in [0.29, 0.717) is 16.5 Å². The molecule has 0 aliphatic heterocycles. The summed E-state index contributed by atoms with van der Waals surface area (Å²) in [5.41, 5.74) is 2.82. The summed E-state index contributed by atoms with van der Waals surface area (Å²) in [6.45, 7) is 0. The van der Waals surface area contributed by atoms with Crippen molar-refractivity contribution in [2.45, 2.75) is 11.6 Å². The molecule has 0 spiro atoms. The molecule has 8 heteroatoms. The van der Waals surface area contributed by atoms with Crippen LogP contribution in [0.3, 0.4) is 0 Å². The molecule has 118 valence electrons. The number of hydrogen-bond donors (Lipinski definition) is 0. The maximum absolute atomic E-state index is 13.0. The smallest absolute Gasteiger partial charge is 0.149 e. The molecule has 0 saturated carbocycles. The van der Waals surface area contributed by atoms with Crippen LogP contribution < -0.4 is 0 Å². The molecule has 0 N–H and O–H groups in total. The highest BCUT2D eigenvalue weighted by molar-refractivity contribution is 9.08. The molecule has 0 unspecified atom stereocenters. The molecule has 23 heavy (non-hydrogen) atoms. The zero-order valence-corrected chi connectivity index (χ0v) is 13.2. The summed E-state index contributed by atoms with van der Waals surface area (Å²) in [5, 5.41) is 10.5. The minimum absolute atomic E-state index is 0.126. The molecule has 0 bridgehead atoms. The standard InChI is InChI=1S/C15H10BrF3N4/c16-9-10-5-7-11(8-6-10)12-3-1-2-4-13(12)14-20-21-22-23(14)15(17,18)19/h1-8H,9H2. The van der Waals surface area contributed by atoms with Crippen molar-refractivity contribution in [2.24, 2.45) is 0 Å². The zero-order valence-electron chi connectivity index (χ0n) is 11.6. The molecule has 0 radical (unpaired) electrons. The van der Waals surface area contributed by atoms with Crippen LogP contribution in [-0.4, -0.2) is 20.2 Å². The maximum atomic E-state index is 13.0. The van der Waals surface area contributed by atoms with E-state index in [1.807, 2.05) is 24.3 Å². The summed E-state index contributed by atoms with van der Waals surface area (Å²) in [4.78, 5) is 0. The van der Waals surface area contributed by atoms with Crippen LogP contribution in [0.25, 0.3) is 22.5 Å². The van der Waals surface area contributed by atoms with Gasteiger partial charge < -0.3 is 0 Å². The first-order valence-electron chi connectivity index (χ1n) is 6.61. The first kappa shape index (κ1) is 15.7. The molecule has 4 nitrogen and oxygen atoms in total. The van der Waals surface area contributed by atoms with Gasteiger partial charge in [-0.25, -0.2) is 0 Å². The molecule has 0 fully saturated rings. The molecule has 1 heterocycles. The SMILES string of the molecule is FC(F)(F)n1nnnc1-c1ccccc1-c1ccc(CBr)cc1. The van der Waals surface area contributed by atoms with E-state index in [0.717, 1.165) is 11.1 Å². The van der Waals surface area contributed by atoms with Gasteiger partial charge in [0.1, 0.15) is 0 Å². The van der Waals surface area contributed by atoms with Crippen molar-refractivity contribution in [3.8, 4) is 22.5 Å². The second-order valence-electron chi connectivity index (χ2n) is 4.76. The molecular weight excluding hydrogens is 373 g/mol. The Labute approximate surface area is 138 Å². The average Bonchev–Trinajstić information content (AvgIpc) is 3.05. The summed E-state index contributed by atoms with van der Waals surface area (Å²) in [6.07, 6.45) is -4.67. The van der Waals surface area contributed by atoms with Crippen molar-refractivity contribution >= 4 is 15.9 Å². The van der Waals surface area contributed by atoms with E-state index in [1.165, 1.54) is 0 Å². The fraction of sp³-hybridized carbons (Fsp3) is 0.133. The van der Waals surface area contributed by atoms with Crippen LogP contribution in [0, 0.1) is 0 Å². The predicted molar refractivity (Wildman–Crippen MR) is 82.6 cm³/mol. The van der Waals surface area contributed by atoms with Crippen molar-refractivity contribution < 1.29 is 13.2 Å². The first-order valence-corrected chi connectivity index (χ1v) is 7.73. The minimum Gasteiger partial charge on any atom is -0.149 e. The van der Waals surface area contributed by atoms with Crippen molar-refractivity contribution in [3.05, 3.63) is 54.1 Å². The number of hydrogen-bond acceptors (Lipinski definition) is 3. The van der Waals surface area contributed by atoms with E-state index in [9.17, 15) is 13.2 Å². The largest absolute Gasteiger partial charge is 0.507 e. The van der Waals surface area contributed by atoms with Crippen LogP contribution in [0.15, 0.2) is 48.5 Å². The van der Waals surface area contributed by atoms with Gasteiger partial charge in [-0.3, -0.25) is 0 Å². The Kier molecular flexibility index (Phi) is 4.16. The highest BCUT2D eigenvalue weighted by atomic mass is 79.9. The summed E-state index contributed by atoms with van der Waals surface area (Å²) < 4.78 is 38.9. The predicted octanol–water partition coefficient (Wildman–Crippen LogP) is 4.38. The highest BCUT2D eigenvalue weighted by Gasteiger charge is 2.36. The van der Waals surface area contributed by atoms with Crippen LogP contribution in [-0.2, 0) is 11.6 Å². The maximum Gasteiger partial charge on any atom is 0.507 e. The number of rotatable bonds is 3. The lowest BCUT2D eigenvalue weighted by atomic mass is 9.98. The summed E-state index contributed by atoms with van der Waals surface area (Å²) >= 11 is 3.36. The molecule has 0 saturated heterocycles. The van der Waals surface area contributed by atoms with Crippen LogP contribution >= 0.6 is 15.9 Å². The van der Waals surface area contributed by atoms with E-state index < -0.39 is 6.30 Å². The van der Waals surface area contributed by atoms with Gasteiger partial charge in [0.2, 0.25) is 0 Å². The summed E-state index contributed by atoms with van der Waals surface area (Å²) in [7, 11) is 0. The molecular formula is C15H10BrF3N4. The third-order valence-corrected chi connectivity index (χ3v) is 3.94. The number of aromatic nitrogens is 4. The molecule has 0 atom stereocenters. The van der Waals surface area contributed by atoms with Gasteiger partial charge in [0.25, 0.3) is 0 Å². The Morgan fingerprint density at radius 2 is 1.61 bits per heavy atom. The Balaban J connectivity index is 2.13. The lowest BCUT2D eigenvalue weighted by Crippen LogP contribution is -2.19. The molecule has 3 rings (SSSR count). The Morgan fingerprint density at radius 3 is 2.22 bits per heavy atom. The molecule has 0 aliphatic carbocycles. The van der Waals surface area contributed by atoms with Gasteiger partial charge in [0.05, 0.1) is 0 Å². The molecule has 2 aromatic carbocycles. The fourth-order valence-corrected chi connectivity index (χ4v) is 2.60. The van der Waals surface area contributed by atoms with Gasteiger partial charge in [-0.2, -0.15) is 0 Å². The molecule has 0 aliphatic rings. The van der Waals surface area contributed by atoms with Gasteiger partial charge >= 0.3 is 6.30 Å². The first-order chi connectivity index (χ1) is 11.0. The van der Waals surface area contributed by atoms with Crippen molar-refractivity contribution in [1.29, 1.82) is 0 Å². The van der Waals surface area contributed by atoms with E-state index in [2.05, 4.69) is 31.5 Å². The number of alkyl halides is 4. The van der Waals surface area contributed by atoms with Crippen LogP contribution in [0.2, 0.25) is 0 Å².